The van der Waals surface area contributed by atoms with Crippen molar-refractivity contribution in [2.75, 3.05) is 11.9 Å². The second kappa shape index (κ2) is 5.90. The third-order valence-electron chi connectivity index (χ3n) is 3.68. The number of para-hydroxylation sites is 1. The molecule has 7 heteroatoms. The molecule has 0 aliphatic carbocycles. The second-order valence-corrected chi connectivity index (χ2v) is 5.61. The van der Waals surface area contributed by atoms with E-state index in [-0.39, 0.29) is 0 Å². The van der Waals surface area contributed by atoms with Crippen LogP contribution in [0.25, 0.3) is 17.2 Å². The molecule has 4 rings (SSSR count). The lowest BCUT2D eigenvalue weighted by molar-refractivity contribution is 0.910. The van der Waals surface area contributed by atoms with Gasteiger partial charge in [0.05, 0.1) is 0 Å². The molecule has 3 heterocycles. The normalized spacial score (nSPS) is 10.9. The lowest BCUT2D eigenvalue weighted by Crippen LogP contribution is -2.13. The van der Waals surface area contributed by atoms with Crippen LogP contribution < -0.4 is 4.90 Å². The van der Waals surface area contributed by atoms with Crippen LogP contribution in [0.4, 0.5) is 11.5 Å². The average molecular weight is 337 g/mol. The first-order valence-corrected chi connectivity index (χ1v) is 7.74. The molecule has 0 fully saturated rings. The Morgan fingerprint density at radius 3 is 2.54 bits per heavy atom. The van der Waals surface area contributed by atoms with Gasteiger partial charge in [0.25, 0.3) is 0 Å². The van der Waals surface area contributed by atoms with Gasteiger partial charge in [0.1, 0.15) is 10.8 Å². The molecule has 24 heavy (non-hydrogen) atoms. The number of benzene rings is 1. The Labute approximate surface area is 143 Å². The van der Waals surface area contributed by atoms with Crippen molar-refractivity contribution in [3.8, 4) is 11.5 Å². The molecule has 118 valence electrons. The van der Waals surface area contributed by atoms with Crippen LogP contribution in [0.2, 0.25) is 5.15 Å². The number of rotatable bonds is 3. The van der Waals surface area contributed by atoms with Crippen molar-refractivity contribution in [2.45, 2.75) is 0 Å². The summed E-state index contributed by atoms with van der Waals surface area (Å²) in [6, 6.07) is 19.2. The summed E-state index contributed by atoms with van der Waals surface area (Å²) >= 11 is 5.98. The zero-order chi connectivity index (χ0) is 16.5. The second-order valence-electron chi connectivity index (χ2n) is 5.23. The van der Waals surface area contributed by atoms with Crippen molar-refractivity contribution in [3.63, 3.8) is 0 Å². The number of aromatic nitrogens is 5. The summed E-state index contributed by atoms with van der Waals surface area (Å²) in [5.41, 5.74) is 2.32. The summed E-state index contributed by atoms with van der Waals surface area (Å²) in [7, 11) is 1.96. The van der Waals surface area contributed by atoms with Crippen molar-refractivity contribution in [3.05, 3.63) is 65.8 Å². The quantitative estimate of drug-likeness (QED) is 0.535. The van der Waals surface area contributed by atoms with Crippen molar-refractivity contribution >= 4 is 28.8 Å². The molecule has 0 saturated carbocycles. The van der Waals surface area contributed by atoms with Crippen LogP contribution in [0.1, 0.15) is 0 Å². The molecule has 4 aromatic rings. The summed E-state index contributed by atoms with van der Waals surface area (Å²) in [5.74, 6) is 1.33. The van der Waals surface area contributed by atoms with E-state index in [1.807, 2.05) is 66.5 Å². The first kappa shape index (κ1) is 14.6. The number of hydrogen-bond donors (Lipinski definition) is 0. The Morgan fingerprint density at radius 2 is 1.75 bits per heavy atom. The van der Waals surface area contributed by atoms with E-state index in [0.717, 1.165) is 11.5 Å². The van der Waals surface area contributed by atoms with Gasteiger partial charge >= 0.3 is 0 Å². The molecule has 0 atom stereocenters. The fourth-order valence-electron chi connectivity index (χ4n) is 2.43. The van der Waals surface area contributed by atoms with Crippen LogP contribution in [0.5, 0.6) is 0 Å². The fraction of sp³-hybridized carbons (Fsp3) is 0.0588. The van der Waals surface area contributed by atoms with Gasteiger partial charge < -0.3 is 4.90 Å². The zero-order valence-corrected chi connectivity index (χ0v) is 13.6. The minimum Gasteiger partial charge on any atom is -0.328 e. The molecule has 0 N–H and O–H groups in total. The lowest BCUT2D eigenvalue weighted by atomic mass is 10.3. The van der Waals surface area contributed by atoms with Crippen molar-refractivity contribution in [1.82, 2.24) is 24.8 Å². The number of anilines is 2. The van der Waals surface area contributed by atoms with E-state index in [4.69, 9.17) is 11.6 Å². The first-order chi connectivity index (χ1) is 11.7. The summed E-state index contributed by atoms with van der Waals surface area (Å²) in [6.07, 6.45) is 0. The molecule has 1 aromatic carbocycles. The highest BCUT2D eigenvalue weighted by Gasteiger charge is 2.13. The number of fused-ring (bicyclic) bond motifs is 1. The van der Waals surface area contributed by atoms with Gasteiger partial charge in [0.15, 0.2) is 11.5 Å². The average Bonchev–Trinajstić information content (AvgIpc) is 3.05. The van der Waals surface area contributed by atoms with E-state index in [2.05, 4.69) is 20.3 Å². The van der Waals surface area contributed by atoms with E-state index in [0.29, 0.717) is 22.3 Å². The molecule has 3 aromatic heterocycles. The number of halogens is 1. The van der Waals surface area contributed by atoms with Crippen LogP contribution in [0.3, 0.4) is 0 Å². The van der Waals surface area contributed by atoms with Crippen molar-refractivity contribution in [1.29, 1.82) is 0 Å². The highest BCUT2D eigenvalue weighted by molar-refractivity contribution is 6.29. The molecule has 0 bridgehead atoms. The molecule has 0 unspecified atom stereocenters. The van der Waals surface area contributed by atoms with Gasteiger partial charge in [-0.25, -0.2) is 4.98 Å². The van der Waals surface area contributed by atoms with Gasteiger partial charge in [-0.15, -0.1) is 15.3 Å². The molecular formula is C17H13ClN6. The van der Waals surface area contributed by atoms with Crippen LogP contribution >= 0.6 is 11.6 Å². The largest absolute Gasteiger partial charge is 0.328 e. The minimum absolute atomic E-state index is 0.404. The maximum absolute atomic E-state index is 5.98. The smallest absolute Gasteiger partial charge is 0.203 e. The Morgan fingerprint density at radius 1 is 0.917 bits per heavy atom. The number of hydrogen-bond acceptors (Lipinski definition) is 5. The molecule has 0 amide bonds. The predicted octanol–water partition coefficient (Wildman–Crippen LogP) is 3.61. The van der Waals surface area contributed by atoms with Crippen LogP contribution in [-0.4, -0.2) is 31.8 Å². The minimum atomic E-state index is 0.404. The molecule has 0 aliphatic rings. The van der Waals surface area contributed by atoms with Gasteiger partial charge in [-0.05, 0) is 36.4 Å². The van der Waals surface area contributed by atoms with E-state index in [1.165, 1.54) is 0 Å². The highest BCUT2D eigenvalue weighted by Crippen LogP contribution is 2.23. The van der Waals surface area contributed by atoms with Crippen LogP contribution in [-0.2, 0) is 0 Å². The van der Waals surface area contributed by atoms with Gasteiger partial charge in [0, 0.05) is 12.7 Å². The molecule has 0 saturated heterocycles. The van der Waals surface area contributed by atoms with Crippen LogP contribution in [0.15, 0.2) is 60.7 Å². The van der Waals surface area contributed by atoms with Gasteiger partial charge in [-0.2, -0.15) is 4.52 Å². The van der Waals surface area contributed by atoms with Gasteiger partial charge in [-0.1, -0.05) is 35.9 Å². The Balaban J connectivity index is 1.82. The third-order valence-corrected chi connectivity index (χ3v) is 3.89. The van der Waals surface area contributed by atoms with Gasteiger partial charge in [0.2, 0.25) is 5.82 Å². The monoisotopic (exact) mass is 336 g/mol. The zero-order valence-electron chi connectivity index (χ0n) is 12.8. The van der Waals surface area contributed by atoms with Crippen LogP contribution in [0, 0.1) is 0 Å². The first-order valence-electron chi connectivity index (χ1n) is 7.36. The maximum atomic E-state index is 5.98. The molecule has 0 spiro atoms. The summed E-state index contributed by atoms with van der Waals surface area (Å²) in [4.78, 5) is 6.28. The van der Waals surface area contributed by atoms with E-state index >= 15 is 0 Å². The summed E-state index contributed by atoms with van der Waals surface area (Å²) in [6.45, 7) is 0. The molecule has 6 nitrogen and oxygen atoms in total. The van der Waals surface area contributed by atoms with Gasteiger partial charge in [-0.3, -0.25) is 0 Å². The Bertz CT molecular complexity index is 998. The van der Waals surface area contributed by atoms with Crippen molar-refractivity contribution < 1.29 is 0 Å². The number of nitrogens with zero attached hydrogens (tertiary/aromatic N) is 6. The molecular weight excluding hydrogens is 324 g/mol. The third kappa shape index (κ3) is 2.57. The SMILES string of the molecule is CN(c1ccccc1)c1ccc2nnc(-c3cccc(Cl)n3)n2n1. The topological polar surface area (TPSA) is 59.2 Å². The fourth-order valence-corrected chi connectivity index (χ4v) is 2.60. The van der Waals surface area contributed by atoms with E-state index in [9.17, 15) is 0 Å². The summed E-state index contributed by atoms with van der Waals surface area (Å²) in [5, 5.41) is 13.4. The molecule has 0 aliphatic heterocycles. The standard InChI is InChI=1S/C17H13ClN6/c1-23(12-6-3-2-4-7-12)16-11-10-15-20-21-17(24(15)22-16)13-8-5-9-14(18)19-13/h2-11H,1H3. The Hall–Kier alpha value is -2.99. The predicted molar refractivity (Wildman–Crippen MR) is 93.5 cm³/mol. The van der Waals surface area contributed by atoms with E-state index in [1.54, 1.807) is 10.6 Å². The highest BCUT2D eigenvalue weighted by atomic mass is 35.5. The van der Waals surface area contributed by atoms with Crippen molar-refractivity contribution in [2.24, 2.45) is 0 Å². The Kier molecular flexibility index (Phi) is 3.59. The molecule has 0 radical (unpaired) electrons. The summed E-state index contributed by atoms with van der Waals surface area (Å²) < 4.78 is 1.67. The lowest BCUT2D eigenvalue weighted by Gasteiger charge is -2.18. The maximum Gasteiger partial charge on any atom is 0.203 e. The number of pyridine rings is 1. The van der Waals surface area contributed by atoms with E-state index < -0.39 is 0 Å².